The molecule has 0 amide bonds. The summed E-state index contributed by atoms with van der Waals surface area (Å²) in [5.41, 5.74) is 3.46. The SMILES string of the molecule is Cc1ccc(O)c(-c2ccccc2O)c1C. The van der Waals surface area contributed by atoms with Crippen LogP contribution in [0.15, 0.2) is 36.4 Å². The quantitative estimate of drug-likeness (QED) is 0.764. The maximum atomic E-state index is 9.88. The first-order valence-electron chi connectivity index (χ1n) is 5.19. The van der Waals surface area contributed by atoms with Crippen LogP contribution in [0.3, 0.4) is 0 Å². The van der Waals surface area contributed by atoms with Crippen molar-refractivity contribution in [1.82, 2.24) is 0 Å². The van der Waals surface area contributed by atoms with E-state index in [1.54, 1.807) is 24.3 Å². The monoisotopic (exact) mass is 214 g/mol. The minimum absolute atomic E-state index is 0.187. The first-order chi connectivity index (χ1) is 7.61. The summed E-state index contributed by atoms with van der Waals surface area (Å²) in [5, 5.41) is 19.7. The average Bonchev–Trinajstić information content (AvgIpc) is 2.27. The van der Waals surface area contributed by atoms with Crippen LogP contribution in [0.1, 0.15) is 11.1 Å². The highest BCUT2D eigenvalue weighted by molar-refractivity contribution is 5.78. The Morgan fingerprint density at radius 3 is 2.19 bits per heavy atom. The van der Waals surface area contributed by atoms with E-state index in [4.69, 9.17) is 0 Å². The molecule has 0 radical (unpaired) electrons. The van der Waals surface area contributed by atoms with Crippen molar-refractivity contribution in [3.8, 4) is 22.6 Å². The van der Waals surface area contributed by atoms with E-state index in [0.29, 0.717) is 11.1 Å². The van der Waals surface area contributed by atoms with E-state index < -0.39 is 0 Å². The van der Waals surface area contributed by atoms with Crippen molar-refractivity contribution in [2.45, 2.75) is 13.8 Å². The van der Waals surface area contributed by atoms with Gasteiger partial charge in [0.2, 0.25) is 0 Å². The van der Waals surface area contributed by atoms with Gasteiger partial charge in [-0.3, -0.25) is 0 Å². The number of phenolic OH excluding ortho intramolecular Hbond substituents is 2. The molecule has 2 aromatic carbocycles. The van der Waals surface area contributed by atoms with Crippen molar-refractivity contribution in [3.63, 3.8) is 0 Å². The summed E-state index contributed by atoms with van der Waals surface area (Å²) in [6.45, 7) is 3.93. The summed E-state index contributed by atoms with van der Waals surface area (Å²) in [4.78, 5) is 0. The van der Waals surface area contributed by atoms with Crippen LogP contribution >= 0.6 is 0 Å². The second-order valence-electron chi connectivity index (χ2n) is 3.92. The summed E-state index contributed by atoms with van der Waals surface area (Å²) in [6.07, 6.45) is 0. The Kier molecular flexibility index (Phi) is 2.57. The lowest BCUT2D eigenvalue weighted by molar-refractivity contribution is 0.468. The van der Waals surface area contributed by atoms with Crippen molar-refractivity contribution in [2.75, 3.05) is 0 Å². The molecule has 2 heteroatoms. The molecule has 0 spiro atoms. The fourth-order valence-corrected chi connectivity index (χ4v) is 1.83. The van der Waals surface area contributed by atoms with Crippen molar-refractivity contribution in [1.29, 1.82) is 0 Å². The summed E-state index contributed by atoms with van der Waals surface area (Å²) in [5.74, 6) is 0.385. The molecule has 0 saturated heterocycles. The second-order valence-corrected chi connectivity index (χ2v) is 3.92. The van der Waals surface area contributed by atoms with Gasteiger partial charge in [-0.05, 0) is 37.1 Å². The van der Waals surface area contributed by atoms with Crippen molar-refractivity contribution < 1.29 is 10.2 Å². The van der Waals surface area contributed by atoms with Crippen LogP contribution in [-0.4, -0.2) is 10.2 Å². The highest BCUT2D eigenvalue weighted by Gasteiger charge is 2.12. The number of phenols is 2. The molecule has 0 bridgehead atoms. The molecule has 0 heterocycles. The molecule has 0 unspecified atom stereocenters. The first kappa shape index (κ1) is 10.6. The number of benzene rings is 2. The predicted octanol–water partition coefficient (Wildman–Crippen LogP) is 3.38. The maximum Gasteiger partial charge on any atom is 0.123 e. The minimum atomic E-state index is 0.187. The highest BCUT2D eigenvalue weighted by Crippen LogP contribution is 2.38. The molecule has 2 N–H and O–H groups in total. The van der Waals surface area contributed by atoms with Crippen LogP contribution < -0.4 is 0 Å². The third-order valence-corrected chi connectivity index (χ3v) is 2.89. The van der Waals surface area contributed by atoms with Crippen LogP contribution in [0.2, 0.25) is 0 Å². The Bertz CT molecular complexity index is 530. The van der Waals surface area contributed by atoms with Gasteiger partial charge < -0.3 is 10.2 Å². The summed E-state index contributed by atoms with van der Waals surface area (Å²) >= 11 is 0. The van der Waals surface area contributed by atoms with Crippen LogP contribution in [0.25, 0.3) is 11.1 Å². The molecule has 0 aliphatic rings. The van der Waals surface area contributed by atoms with Gasteiger partial charge >= 0.3 is 0 Å². The number of para-hydroxylation sites is 1. The lowest BCUT2D eigenvalue weighted by Gasteiger charge is -2.12. The Hall–Kier alpha value is -1.96. The van der Waals surface area contributed by atoms with Crippen LogP contribution in [0, 0.1) is 13.8 Å². The lowest BCUT2D eigenvalue weighted by atomic mass is 9.95. The molecule has 0 aromatic heterocycles. The van der Waals surface area contributed by atoms with E-state index in [-0.39, 0.29) is 11.5 Å². The maximum absolute atomic E-state index is 9.88. The summed E-state index contributed by atoms with van der Waals surface area (Å²) in [7, 11) is 0. The van der Waals surface area contributed by atoms with E-state index >= 15 is 0 Å². The summed E-state index contributed by atoms with van der Waals surface area (Å²) in [6, 6.07) is 10.6. The van der Waals surface area contributed by atoms with Gasteiger partial charge in [-0.25, -0.2) is 0 Å². The van der Waals surface area contributed by atoms with Gasteiger partial charge in [-0.2, -0.15) is 0 Å². The van der Waals surface area contributed by atoms with E-state index in [0.717, 1.165) is 11.1 Å². The molecule has 2 nitrogen and oxygen atoms in total. The fourth-order valence-electron chi connectivity index (χ4n) is 1.83. The van der Waals surface area contributed by atoms with Gasteiger partial charge in [-0.15, -0.1) is 0 Å². The van der Waals surface area contributed by atoms with E-state index in [1.165, 1.54) is 0 Å². The Morgan fingerprint density at radius 2 is 1.50 bits per heavy atom. The molecule has 16 heavy (non-hydrogen) atoms. The first-order valence-corrected chi connectivity index (χ1v) is 5.19. The topological polar surface area (TPSA) is 40.5 Å². The molecular weight excluding hydrogens is 200 g/mol. The largest absolute Gasteiger partial charge is 0.507 e. The zero-order chi connectivity index (χ0) is 11.7. The molecular formula is C14H14O2. The van der Waals surface area contributed by atoms with E-state index in [1.807, 2.05) is 26.0 Å². The molecule has 82 valence electrons. The summed E-state index contributed by atoms with van der Waals surface area (Å²) < 4.78 is 0. The molecule has 0 fully saturated rings. The smallest absolute Gasteiger partial charge is 0.123 e. The van der Waals surface area contributed by atoms with Crippen LogP contribution in [-0.2, 0) is 0 Å². The van der Waals surface area contributed by atoms with Crippen molar-refractivity contribution >= 4 is 0 Å². The highest BCUT2D eigenvalue weighted by atomic mass is 16.3. The van der Waals surface area contributed by atoms with Crippen LogP contribution in [0.4, 0.5) is 0 Å². The fraction of sp³-hybridized carbons (Fsp3) is 0.143. The molecule has 2 aromatic rings. The number of aryl methyl sites for hydroxylation is 1. The molecule has 0 aliphatic carbocycles. The average molecular weight is 214 g/mol. The second kappa shape index (κ2) is 3.89. The minimum Gasteiger partial charge on any atom is -0.507 e. The zero-order valence-corrected chi connectivity index (χ0v) is 9.36. The number of aromatic hydroxyl groups is 2. The number of hydrogen-bond acceptors (Lipinski definition) is 2. The van der Waals surface area contributed by atoms with Crippen molar-refractivity contribution in [2.24, 2.45) is 0 Å². The number of rotatable bonds is 1. The van der Waals surface area contributed by atoms with Gasteiger partial charge in [0.1, 0.15) is 11.5 Å². The Morgan fingerprint density at radius 1 is 0.812 bits per heavy atom. The molecule has 0 saturated carbocycles. The standard InChI is InChI=1S/C14H14O2/c1-9-7-8-13(16)14(10(9)2)11-5-3-4-6-12(11)15/h3-8,15-16H,1-2H3. The third-order valence-electron chi connectivity index (χ3n) is 2.89. The molecule has 0 aliphatic heterocycles. The van der Waals surface area contributed by atoms with Gasteiger partial charge in [0.15, 0.2) is 0 Å². The number of hydrogen-bond donors (Lipinski definition) is 2. The molecule has 2 rings (SSSR count). The zero-order valence-electron chi connectivity index (χ0n) is 9.36. The van der Waals surface area contributed by atoms with Gasteiger partial charge in [-0.1, -0.05) is 24.3 Å². The Balaban J connectivity index is 2.74. The lowest BCUT2D eigenvalue weighted by Crippen LogP contribution is -1.88. The normalized spacial score (nSPS) is 10.4. The third kappa shape index (κ3) is 1.63. The van der Waals surface area contributed by atoms with Crippen molar-refractivity contribution in [3.05, 3.63) is 47.5 Å². The van der Waals surface area contributed by atoms with Gasteiger partial charge in [0.05, 0.1) is 0 Å². The Labute approximate surface area is 94.8 Å². The van der Waals surface area contributed by atoms with E-state index in [9.17, 15) is 10.2 Å². The van der Waals surface area contributed by atoms with Gasteiger partial charge in [0.25, 0.3) is 0 Å². The van der Waals surface area contributed by atoms with E-state index in [2.05, 4.69) is 0 Å². The molecule has 0 atom stereocenters. The predicted molar refractivity (Wildman–Crippen MR) is 64.7 cm³/mol. The van der Waals surface area contributed by atoms with Gasteiger partial charge in [0, 0.05) is 11.1 Å². The van der Waals surface area contributed by atoms with Crippen LogP contribution in [0.5, 0.6) is 11.5 Å².